The molecule has 0 saturated carbocycles. The summed E-state index contributed by atoms with van der Waals surface area (Å²) in [7, 11) is -3.85. The third-order valence-corrected chi connectivity index (χ3v) is 0.924. The molecule has 1 N–H and O–H groups in total. The lowest BCUT2D eigenvalue weighted by atomic mass is 10.8. The lowest BCUT2D eigenvalue weighted by Gasteiger charge is -1.76. The highest BCUT2D eigenvalue weighted by molar-refractivity contribution is 7.88. The van der Waals surface area contributed by atoms with Crippen molar-refractivity contribution in [2.75, 3.05) is 0 Å². The highest BCUT2D eigenvalue weighted by Gasteiger charge is 1.90. The fourth-order valence-electron chi connectivity index (χ4n) is 0.172. The van der Waals surface area contributed by atoms with Gasteiger partial charge in [0.25, 0.3) is 10.1 Å². The fourth-order valence-corrected chi connectivity index (χ4v) is 0.516. The Morgan fingerprint density at radius 2 is 2.00 bits per heavy atom. The van der Waals surface area contributed by atoms with Crippen LogP contribution in [-0.4, -0.2) is 13.0 Å². The summed E-state index contributed by atoms with van der Waals surface area (Å²) in [6, 6.07) is 0. The van der Waals surface area contributed by atoms with E-state index in [1.54, 1.807) is 0 Å². The second kappa shape index (κ2) is 2.09. The highest BCUT2D eigenvalue weighted by atomic mass is 32.2. The average Bonchev–Trinajstić information content (AvgIpc) is 1.30. The van der Waals surface area contributed by atoms with Gasteiger partial charge < -0.3 is 0 Å². The van der Waals surface area contributed by atoms with Gasteiger partial charge in [-0.1, -0.05) is 6.08 Å². The molecule has 0 aliphatic rings. The second-order valence-corrected chi connectivity index (χ2v) is 2.29. The Balaban J connectivity index is 4.13. The first-order valence-electron chi connectivity index (χ1n) is 1.66. The quantitative estimate of drug-likeness (QED) is 0.512. The van der Waals surface area contributed by atoms with E-state index in [-0.39, 0.29) is 0 Å². The molecule has 0 amide bonds. The zero-order chi connectivity index (χ0) is 5.91. The predicted molar refractivity (Wildman–Crippen MR) is 26.4 cm³/mol. The topological polar surface area (TPSA) is 54.4 Å². The molecule has 0 bridgehead atoms. The number of hydrogen-bond donors (Lipinski definition) is 1. The Morgan fingerprint density at radius 3 is 2.00 bits per heavy atom. The molecule has 0 spiro atoms. The predicted octanol–water partition coefficient (Wildman–Crippen LogP) is 0.408. The van der Waals surface area contributed by atoms with Crippen molar-refractivity contribution in [2.24, 2.45) is 0 Å². The van der Waals surface area contributed by atoms with E-state index in [1.165, 1.54) is 13.0 Å². The smallest absolute Gasteiger partial charge is 0.282 e. The van der Waals surface area contributed by atoms with E-state index >= 15 is 0 Å². The van der Waals surface area contributed by atoms with Gasteiger partial charge in [-0.15, -0.1) is 0 Å². The van der Waals surface area contributed by atoms with Crippen LogP contribution in [0.2, 0.25) is 0 Å². The molecule has 0 fully saturated rings. The zero-order valence-electron chi connectivity index (χ0n) is 3.83. The molecule has 0 radical (unpaired) electrons. The minimum Gasteiger partial charge on any atom is -0.282 e. The summed E-state index contributed by atoms with van der Waals surface area (Å²) in [6.07, 6.45) is 1.25. The summed E-state index contributed by atoms with van der Waals surface area (Å²) in [5.74, 6) is 0. The molecular formula is C3H6O3S. The van der Waals surface area contributed by atoms with Crippen molar-refractivity contribution in [3.05, 3.63) is 11.5 Å². The van der Waals surface area contributed by atoms with Gasteiger partial charge in [0.1, 0.15) is 0 Å². The van der Waals surface area contributed by atoms with Gasteiger partial charge in [0, 0.05) is 0 Å². The molecule has 7 heavy (non-hydrogen) atoms. The molecule has 0 heterocycles. The SMILES string of the molecule is C/C=C\S(=O)(=O)O. The van der Waals surface area contributed by atoms with E-state index in [0.29, 0.717) is 5.41 Å². The monoisotopic (exact) mass is 122 g/mol. The second-order valence-electron chi connectivity index (χ2n) is 0.984. The minimum absolute atomic E-state index is 0.715. The molecule has 4 heteroatoms. The molecule has 0 rings (SSSR count). The van der Waals surface area contributed by atoms with E-state index in [2.05, 4.69) is 0 Å². The van der Waals surface area contributed by atoms with Crippen LogP contribution in [0, 0.1) is 0 Å². The van der Waals surface area contributed by atoms with Crippen LogP contribution < -0.4 is 0 Å². The summed E-state index contributed by atoms with van der Waals surface area (Å²) in [6.45, 7) is 1.51. The van der Waals surface area contributed by atoms with Gasteiger partial charge in [0.05, 0.1) is 5.41 Å². The molecule has 0 aliphatic carbocycles. The van der Waals surface area contributed by atoms with Crippen LogP contribution in [0.1, 0.15) is 6.92 Å². The van der Waals surface area contributed by atoms with Crippen molar-refractivity contribution >= 4 is 10.1 Å². The summed E-state index contributed by atoms with van der Waals surface area (Å²) >= 11 is 0. The van der Waals surface area contributed by atoms with Crippen molar-refractivity contribution in [2.45, 2.75) is 6.92 Å². The molecule has 0 saturated heterocycles. The third kappa shape index (κ3) is 5.65. The van der Waals surface area contributed by atoms with E-state index in [0.717, 1.165) is 0 Å². The number of rotatable bonds is 1. The highest BCUT2D eigenvalue weighted by Crippen LogP contribution is 1.80. The first kappa shape index (κ1) is 6.65. The average molecular weight is 122 g/mol. The number of hydrogen-bond acceptors (Lipinski definition) is 2. The molecule has 0 aliphatic heterocycles. The van der Waals surface area contributed by atoms with Gasteiger partial charge in [-0.25, -0.2) is 0 Å². The summed E-state index contributed by atoms with van der Waals surface area (Å²) in [5.41, 5.74) is 0. The maximum atomic E-state index is 9.70. The molecule has 0 aromatic carbocycles. The first-order chi connectivity index (χ1) is 3.06. The van der Waals surface area contributed by atoms with Crippen molar-refractivity contribution in [3.63, 3.8) is 0 Å². The van der Waals surface area contributed by atoms with Crippen molar-refractivity contribution in [1.82, 2.24) is 0 Å². The van der Waals surface area contributed by atoms with Crippen LogP contribution in [0.25, 0.3) is 0 Å². The van der Waals surface area contributed by atoms with Crippen molar-refractivity contribution in [3.8, 4) is 0 Å². The lowest BCUT2D eigenvalue weighted by Crippen LogP contribution is -1.87. The molecule has 0 aromatic heterocycles. The Morgan fingerprint density at radius 1 is 1.57 bits per heavy atom. The standard InChI is InChI=1S/C3H6O3S/c1-2-3-7(4,5)6/h2-3H,1H3,(H,4,5,6)/b3-2-. The van der Waals surface area contributed by atoms with E-state index in [4.69, 9.17) is 4.55 Å². The number of allylic oxidation sites excluding steroid dienone is 1. The van der Waals surface area contributed by atoms with E-state index < -0.39 is 10.1 Å². The van der Waals surface area contributed by atoms with Gasteiger partial charge in [-0.05, 0) is 6.92 Å². The largest absolute Gasteiger partial charge is 0.287 e. The van der Waals surface area contributed by atoms with E-state index in [1.807, 2.05) is 0 Å². The van der Waals surface area contributed by atoms with Crippen LogP contribution in [0.5, 0.6) is 0 Å². The van der Waals surface area contributed by atoms with Crippen LogP contribution >= 0.6 is 0 Å². The molecule has 0 unspecified atom stereocenters. The van der Waals surface area contributed by atoms with Gasteiger partial charge in [-0.3, -0.25) is 4.55 Å². The molecule has 0 atom stereocenters. The minimum atomic E-state index is -3.85. The van der Waals surface area contributed by atoms with Gasteiger partial charge in [-0.2, -0.15) is 8.42 Å². The summed E-state index contributed by atoms with van der Waals surface area (Å²) < 4.78 is 27.3. The summed E-state index contributed by atoms with van der Waals surface area (Å²) in [5, 5.41) is 0.715. The van der Waals surface area contributed by atoms with Gasteiger partial charge >= 0.3 is 0 Å². The Bertz CT molecular complexity index is 153. The normalized spacial score (nSPS) is 12.9. The van der Waals surface area contributed by atoms with Crippen LogP contribution in [-0.2, 0) is 10.1 Å². The van der Waals surface area contributed by atoms with Crippen LogP contribution in [0.15, 0.2) is 11.5 Å². The lowest BCUT2D eigenvalue weighted by molar-refractivity contribution is 0.494. The van der Waals surface area contributed by atoms with Crippen LogP contribution in [0.4, 0.5) is 0 Å². The molecular weight excluding hydrogens is 116 g/mol. The molecule has 0 aromatic rings. The zero-order valence-corrected chi connectivity index (χ0v) is 4.64. The fraction of sp³-hybridized carbons (Fsp3) is 0.333. The van der Waals surface area contributed by atoms with Gasteiger partial charge in [0.2, 0.25) is 0 Å². The summed E-state index contributed by atoms with van der Waals surface area (Å²) in [4.78, 5) is 0. The molecule has 3 nitrogen and oxygen atoms in total. The van der Waals surface area contributed by atoms with E-state index in [9.17, 15) is 8.42 Å². The maximum absolute atomic E-state index is 9.70. The van der Waals surface area contributed by atoms with Gasteiger partial charge in [0.15, 0.2) is 0 Å². The van der Waals surface area contributed by atoms with Crippen LogP contribution in [0.3, 0.4) is 0 Å². The first-order valence-corrected chi connectivity index (χ1v) is 3.17. The Hall–Kier alpha value is -0.350. The molecule has 42 valence electrons. The Labute approximate surface area is 42.4 Å². The van der Waals surface area contributed by atoms with Crippen molar-refractivity contribution < 1.29 is 13.0 Å². The Kier molecular flexibility index (Phi) is 1.98. The maximum Gasteiger partial charge on any atom is 0.287 e. The van der Waals surface area contributed by atoms with Crippen molar-refractivity contribution in [1.29, 1.82) is 0 Å². The third-order valence-electron chi connectivity index (χ3n) is 0.308.